The van der Waals surface area contributed by atoms with Crippen LogP contribution in [-0.2, 0) is 16.1 Å². The number of Topliss-reactive ketones (excluding diaryl/α,β-unsaturated/α-hetero) is 1. The summed E-state index contributed by atoms with van der Waals surface area (Å²) in [5, 5.41) is 11.4. The predicted octanol–water partition coefficient (Wildman–Crippen LogP) is 4.73. The second kappa shape index (κ2) is 11.1. The fourth-order valence-electron chi connectivity index (χ4n) is 4.48. The third-order valence-electron chi connectivity index (χ3n) is 6.16. The Balaban J connectivity index is 1.93. The van der Waals surface area contributed by atoms with Gasteiger partial charge in [0, 0.05) is 12.1 Å². The van der Waals surface area contributed by atoms with E-state index >= 15 is 0 Å². The average Bonchev–Trinajstić information content (AvgIpc) is 3.17. The smallest absolute Gasteiger partial charge is 0.295 e. The molecule has 37 heavy (non-hydrogen) atoms. The SMILES string of the molecule is CCOc1cccc(C(O)=C2C(=O)C(=O)N(Cc3ccccc3)C2c2cc(OC)c(OC)c(OC)c2)c1. The van der Waals surface area contributed by atoms with E-state index in [1.807, 2.05) is 37.3 Å². The standard InChI is InChI=1S/C29H29NO7/c1-5-37-21-13-9-12-19(14-21)26(31)24-25(20-15-22(34-2)28(36-4)23(16-20)35-3)30(29(33)27(24)32)17-18-10-7-6-8-11-18/h6-16,25,31H,5,17H2,1-4H3. The van der Waals surface area contributed by atoms with E-state index in [9.17, 15) is 14.7 Å². The number of nitrogens with zero attached hydrogens (tertiary/aromatic N) is 1. The van der Waals surface area contributed by atoms with Crippen LogP contribution in [0.2, 0.25) is 0 Å². The number of rotatable bonds is 9. The van der Waals surface area contributed by atoms with Gasteiger partial charge in [0.2, 0.25) is 5.75 Å². The minimum absolute atomic E-state index is 0.0381. The number of ketones is 1. The molecule has 1 N–H and O–H groups in total. The highest BCUT2D eigenvalue weighted by atomic mass is 16.5. The topological polar surface area (TPSA) is 94.5 Å². The van der Waals surface area contributed by atoms with E-state index in [0.29, 0.717) is 40.7 Å². The van der Waals surface area contributed by atoms with E-state index in [1.54, 1.807) is 36.4 Å². The van der Waals surface area contributed by atoms with Crippen LogP contribution in [0, 0.1) is 0 Å². The van der Waals surface area contributed by atoms with Gasteiger partial charge in [0.25, 0.3) is 11.7 Å². The van der Waals surface area contributed by atoms with Crippen molar-refractivity contribution >= 4 is 17.4 Å². The molecule has 1 heterocycles. The van der Waals surface area contributed by atoms with Gasteiger partial charge in [0.1, 0.15) is 11.5 Å². The third kappa shape index (κ3) is 4.95. The fourth-order valence-corrected chi connectivity index (χ4v) is 4.48. The van der Waals surface area contributed by atoms with Gasteiger partial charge in [-0.05, 0) is 42.3 Å². The number of carbonyl (C=O) groups excluding carboxylic acids is 2. The number of amides is 1. The summed E-state index contributed by atoms with van der Waals surface area (Å²) < 4.78 is 22.1. The van der Waals surface area contributed by atoms with Crippen LogP contribution in [0.5, 0.6) is 23.0 Å². The van der Waals surface area contributed by atoms with Crippen molar-refractivity contribution in [2.75, 3.05) is 27.9 Å². The van der Waals surface area contributed by atoms with E-state index < -0.39 is 17.7 Å². The van der Waals surface area contributed by atoms with E-state index in [0.717, 1.165) is 5.56 Å². The van der Waals surface area contributed by atoms with Crippen molar-refractivity contribution in [1.82, 2.24) is 4.90 Å². The van der Waals surface area contributed by atoms with Crippen molar-refractivity contribution in [3.8, 4) is 23.0 Å². The number of ether oxygens (including phenoxy) is 4. The summed E-state index contributed by atoms with van der Waals surface area (Å²) in [7, 11) is 4.47. The Labute approximate surface area is 215 Å². The van der Waals surface area contributed by atoms with E-state index in [2.05, 4.69) is 0 Å². The molecule has 0 saturated carbocycles. The molecule has 1 fully saturated rings. The molecule has 1 aliphatic rings. The first-order valence-electron chi connectivity index (χ1n) is 11.8. The number of hydrogen-bond acceptors (Lipinski definition) is 7. The van der Waals surface area contributed by atoms with E-state index in [1.165, 1.54) is 26.2 Å². The van der Waals surface area contributed by atoms with Gasteiger partial charge in [-0.25, -0.2) is 0 Å². The van der Waals surface area contributed by atoms with Crippen LogP contribution in [0.15, 0.2) is 72.3 Å². The molecular weight excluding hydrogens is 474 g/mol. The van der Waals surface area contributed by atoms with Crippen molar-refractivity contribution in [2.45, 2.75) is 19.5 Å². The molecule has 0 aliphatic carbocycles. The first kappa shape index (κ1) is 25.6. The molecule has 1 atom stereocenters. The molecule has 1 aliphatic heterocycles. The molecule has 192 valence electrons. The van der Waals surface area contributed by atoms with Gasteiger partial charge in [-0.3, -0.25) is 9.59 Å². The normalized spacial score (nSPS) is 16.5. The van der Waals surface area contributed by atoms with E-state index in [-0.39, 0.29) is 17.9 Å². The van der Waals surface area contributed by atoms with Crippen molar-refractivity contribution in [3.05, 3.63) is 89.0 Å². The maximum absolute atomic E-state index is 13.4. The Bertz CT molecular complexity index is 1310. The van der Waals surface area contributed by atoms with Crippen LogP contribution in [0.25, 0.3) is 5.76 Å². The zero-order valence-electron chi connectivity index (χ0n) is 21.2. The Hall–Kier alpha value is -4.46. The molecule has 1 saturated heterocycles. The molecule has 3 aromatic carbocycles. The molecule has 0 bridgehead atoms. The average molecular weight is 504 g/mol. The highest BCUT2D eigenvalue weighted by molar-refractivity contribution is 6.46. The maximum Gasteiger partial charge on any atom is 0.295 e. The third-order valence-corrected chi connectivity index (χ3v) is 6.16. The summed E-state index contributed by atoms with van der Waals surface area (Å²) in [6, 6.07) is 18.6. The number of likely N-dealkylation sites (tertiary alicyclic amines) is 1. The number of methoxy groups -OCH3 is 3. The Morgan fingerprint density at radius 3 is 2.16 bits per heavy atom. The second-order valence-corrected chi connectivity index (χ2v) is 8.33. The molecule has 1 unspecified atom stereocenters. The monoisotopic (exact) mass is 503 g/mol. The van der Waals surface area contributed by atoms with Gasteiger partial charge >= 0.3 is 0 Å². The molecule has 0 radical (unpaired) electrons. The molecular formula is C29H29NO7. The summed E-state index contributed by atoms with van der Waals surface area (Å²) in [4.78, 5) is 28.2. The van der Waals surface area contributed by atoms with Crippen molar-refractivity contribution in [1.29, 1.82) is 0 Å². The number of benzene rings is 3. The maximum atomic E-state index is 13.4. The fraction of sp³-hybridized carbons (Fsp3) is 0.241. The summed E-state index contributed by atoms with van der Waals surface area (Å²) >= 11 is 0. The van der Waals surface area contributed by atoms with Crippen LogP contribution < -0.4 is 18.9 Å². The predicted molar refractivity (Wildman–Crippen MR) is 138 cm³/mol. The highest BCUT2D eigenvalue weighted by Gasteiger charge is 2.46. The van der Waals surface area contributed by atoms with Gasteiger partial charge < -0.3 is 29.0 Å². The first-order chi connectivity index (χ1) is 17.9. The van der Waals surface area contributed by atoms with Gasteiger partial charge in [-0.2, -0.15) is 0 Å². The summed E-state index contributed by atoms with van der Waals surface area (Å²) in [6.45, 7) is 2.45. The largest absolute Gasteiger partial charge is 0.507 e. The first-order valence-corrected chi connectivity index (χ1v) is 11.8. The summed E-state index contributed by atoms with van der Waals surface area (Å²) in [5.74, 6) is -0.165. The zero-order chi connectivity index (χ0) is 26.5. The van der Waals surface area contributed by atoms with Gasteiger partial charge in [0.05, 0.1) is 39.6 Å². The molecule has 3 aromatic rings. The van der Waals surface area contributed by atoms with Gasteiger partial charge in [0.15, 0.2) is 11.5 Å². The van der Waals surface area contributed by atoms with Gasteiger partial charge in [-0.15, -0.1) is 0 Å². The minimum atomic E-state index is -0.912. The zero-order valence-corrected chi connectivity index (χ0v) is 21.2. The Kier molecular flexibility index (Phi) is 7.67. The van der Waals surface area contributed by atoms with Crippen molar-refractivity contribution in [3.63, 3.8) is 0 Å². The van der Waals surface area contributed by atoms with Crippen LogP contribution in [0.3, 0.4) is 0 Å². The van der Waals surface area contributed by atoms with Crippen LogP contribution in [0.4, 0.5) is 0 Å². The lowest BCUT2D eigenvalue weighted by atomic mass is 9.94. The van der Waals surface area contributed by atoms with Crippen LogP contribution in [0.1, 0.15) is 29.7 Å². The molecule has 8 nitrogen and oxygen atoms in total. The summed E-state index contributed by atoms with van der Waals surface area (Å²) in [5.41, 5.74) is 1.68. The lowest BCUT2D eigenvalue weighted by Crippen LogP contribution is -2.29. The Morgan fingerprint density at radius 1 is 0.892 bits per heavy atom. The van der Waals surface area contributed by atoms with Crippen molar-refractivity contribution < 1.29 is 33.6 Å². The quantitative estimate of drug-likeness (QED) is 0.256. The molecule has 0 aromatic heterocycles. The molecule has 8 heteroatoms. The Morgan fingerprint density at radius 2 is 1.57 bits per heavy atom. The molecule has 4 rings (SSSR count). The van der Waals surface area contributed by atoms with Gasteiger partial charge in [-0.1, -0.05) is 42.5 Å². The summed E-state index contributed by atoms with van der Waals surface area (Å²) in [6.07, 6.45) is 0. The highest BCUT2D eigenvalue weighted by Crippen LogP contribution is 2.46. The number of aliphatic hydroxyl groups excluding tert-OH is 1. The molecule has 1 amide bonds. The number of carbonyl (C=O) groups is 2. The molecule has 0 spiro atoms. The lowest BCUT2D eigenvalue weighted by molar-refractivity contribution is -0.140. The minimum Gasteiger partial charge on any atom is -0.507 e. The lowest BCUT2D eigenvalue weighted by Gasteiger charge is -2.26. The van der Waals surface area contributed by atoms with E-state index in [4.69, 9.17) is 18.9 Å². The number of aliphatic hydroxyl groups is 1. The van der Waals surface area contributed by atoms with Crippen molar-refractivity contribution in [2.24, 2.45) is 0 Å². The van der Waals surface area contributed by atoms with Crippen LogP contribution in [-0.4, -0.2) is 49.6 Å². The van der Waals surface area contributed by atoms with Crippen LogP contribution >= 0.6 is 0 Å². The second-order valence-electron chi connectivity index (χ2n) is 8.33. The number of hydrogen-bond donors (Lipinski definition) is 1.